The number of aromatic carboxylic acids is 1. The summed E-state index contributed by atoms with van der Waals surface area (Å²) in [6.45, 7) is 4.45. The maximum absolute atomic E-state index is 12.4. The third-order valence-corrected chi connectivity index (χ3v) is 4.74. The largest absolute Gasteiger partial charge is 0.477 e. The van der Waals surface area contributed by atoms with Crippen molar-refractivity contribution in [1.29, 1.82) is 0 Å². The monoisotopic (exact) mass is 288 g/mol. The predicted molar refractivity (Wildman–Crippen MR) is 66.5 cm³/mol. The van der Waals surface area contributed by atoms with Crippen LogP contribution in [0.1, 0.15) is 24.3 Å². The number of nitrogens with one attached hydrogen (secondary N) is 1. The van der Waals surface area contributed by atoms with Gasteiger partial charge in [-0.1, -0.05) is 0 Å². The van der Waals surface area contributed by atoms with Crippen LogP contribution in [-0.2, 0) is 14.8 Å². The first-order valence-corrected chi connectivity index (χ1v) is 7.22. The fraction of sp³-hybridized carbons (Fsp3) is 0.545. The van der Waals surface area contributed by atoms with Crippen molar-refractivity contribution in [3.8, 4) is 0 Å². The second-order valence-corrected chi connectivity index (χ2v) is 6.94. The molecule has 2 heterocycles. The van der Waals surface area contributed by atoms with E-state index in [0.717, 1.165) is 6.07 Å². The van der Waals surface area contributed by atoms with Crippen molar-refractivity contribution >= 4 is 16.0 Å². The molecule has 0 aromatic carbocycles. The van der Waals surface area contributed by atoms with Gasteiger partial charge in [0.15, 0.2) is 0 Å². The van der Waals surface area contributed by atoms with Gasteiger partial charge in [-0.2, -0.15) is 4.31 Å². The van der Waals surface area contributed by atoms with E-state index in [2.05, 4.69) is 4.98 Å². The molecule has 0 saturated carbocycles. The molecule has 1 saturated heterocycles. The van der Waals surface area contributed by atoms with Crippen LogP contribution in [0.2, 0.25) is 0 Å². The van der Waals surface area contributed by atoms with Crippen LogP contribution < -0.4 is 0 Å². The highest BCUT2D eigenvalue weighted by Gasteiger charge is 2.35. The van der Waals surface area contributed by atoms with Crippen molar-refractivity contribution in [3.05, 3.63) is 18.0 Å². The van der Waals surface area contributed by atoms with Crippen molar-refractivity contribution in [2.75, 3.05) is 19.7 Å². The fourth-order valence-electron chi connectivity index (χ4n) is 1.97. The van der Waals surface area contributed by atoms with Crippen molar-refractivity contribution in [3.63, 3.8) is 0 Å². The molecule has 1 aliphatic heterocycles. The zero-order valence-electron chi connectivity index (χ0n) is 10.7. The molecule has 1 aliphatic rings. The van der Waals surface area contributed by atoms with Crippen LogP contribution in [0.5, 0.6) is 0 Å². The first-order valence-electron chi connectivity index (χ1n) is 5.78. The Hall–Kier alpha value is -1.38. The molecular weight excluding hydrogens is 272 g/mol. The molecule has 0 spiro atoms. The van der Waals surface area contributed by atoms with E-state index in [1.807, 2.05) is 13.8 Å². The normalized spacial score (nSPS) is 20.3. The van der Waals surface area contributed by atoms with Gasteiger partial charge >= 0.3 is 5.97 Å². The molecule has 2 rings (SSSR count). The van der Waals surface area contributed by atoms with E-state index in [1.165, 1.54) is 10.5 Å². The van der Waals surface area contributed by atoms with Crippen LogP contribution in [0.25, 0.3) is 0 Å². The molecule has 0 bridgehead atoms. The number of morpholine rings is 1. The van der Waals surface area contributed by atoms with Crippen molar-refractivity contribution < 1.29 is 23.1 Å². The van der Waals surface area contributed by atoms with Gasteiger partial charge < -0.3 is 14.8 Å². The SMILES string of the molecule is CC1(C)CN(S(=O)(=O)c2c[nH]c(C(=O)O)c2)CCO1. The standard InChI is InChI=1S/C11H16N2O5S/c1-11(2)7-13(3-4-18-11)19(16,17)8-5-9(10(14)15)12-6-8/h5-6,12H,3-4,7H2,1-2H3,(H,14,15). The first-order chi connectivity index (χ1) is 8.72. The van der Waals surface area contributed by atoms with Crippen molar-refractivity contribution in [2.24, 2.45) is 0 Å². The second kappa shape index (κ2) is 4.62. The fourth-order valence-corrected chi connectivity index (χ4v) is 3.54. The second-order valence-electron chi connectivity index (χ2n) is 5.00. The number of nitrogens with zero attached hydrogens (tertiary/aromatic N) is 1. The number of carboxylic acid groups (broad SMARTS) is 1. The summed E-state index contributed by atoms with van der Waals surface area (Å²) in [6.07, 6.45) is 1.20. The molecule has 1 aromatic heterocycles. The van der Waals surface area contributed by atoms with E-state index in [9.17, 15) is 13.2 Å². The minimum Gasteiger partial charge on any atom is -0.477 e. The van der Waals surface area contributed by atoms with Gasteiger partial charge in [0.1, 0.15) is 10.6 Å². The molecule has 7 nitrogen and oxygen atoms in total. The summed E-state index contributed by atoms with van der Waals surface area (Å²) in [5, 5.41) is 8.80. The lowest BCUT2D eigenvalue weighted by Crippen LogP contribution is -2.50. The van der Waals surface area contributed by atoms with Crippen LogP contribution in [0.3, 0.4) is 0 Å². The third kappa shape index (κ3) is 2.80. The zero-order chi connectivity index (χ0) is 14.3. The van der Waals surface area contributed by atoms with Crippen molar-refractivity contribution in [2.45, 2.75) is 24.3 Å². The molecule has 0 radical (unpaired) electrons. The Labute approximate surface area is 111 Å². The summed E-state index contributed by atoms with van der Waals surface area (Å²) < 4.78 is 31.5. The molecule has 0 amide bonds. The number of carbonyl (C=O) groups is 1. The van der Waals surface area contributed by atoms with Crippen LogP contribution in [0, 0.1) is 0 Å². The Morgan fingerprint density at radius 3 is 2.74 bits per heavy atom. The Balaban J connectivity index is 2.28. The zero-order valence-corrected chi connectivity index (χ0v) is 11.5. The first kappa shape index (κ1) is 14.0. The van der Waals surface area contributed by atoms with E-state index in [-0.39, 0.29) is 23.7 Å². The molecular formula is C11H16N2O5S. The number of sulfonamides is 1. The summed E-state index contributed by atoms with van der Waals surface area (Å²) >= 11 is 0. The number of aromatic nitrogens is 1. The average Bonchev–Trinajstić information content (AvgIpc) is 2.77. The molecule has 0 atom stereocenters. The Bertz CT molecular complexity index is 590. The smallest absolute Gasteiger partial charge is 0.352 e. The number of ether oxygens (including phenoxy) is 1. The number of hydrogen-bond acceptors (Lipinski definition) is 4. The predicted octanol–water partition coefficient (Wildman–Crippen LogP) is 0.512. The highest BCUT2D eigenvalue weighted by molar-refractivity contribution is 7.89. The quantitative estimate of drug-likeness (QED) is 0.844. The number of hydrogen-bond donors (Lipinski definition) is 2. The van der Waals surface area contributed by atoms with Crippen LogP contribution in [-0.4, -0.2) is 54.1 Å². The van der Waals surface area contributed by atoms with E-state index < -0.39 is 21.6 Å². The van der Waals surface area contributed by atoms with Gasteiger partial charge in [0.05, 0.1) is 12.2 Å². The topological polar surface area (TPSA) is 99.7 Å². The lowest BCUT2D eigenvalue weighted by atomic mass is 10.1. The molecule has 0 aliphatic carbocycles. The van der Waals surface area contributed by atoms with Gasteiger partial charge in [-0.3, -0.25) is 0 Å². The Morgan fingerprint density at radius 2 is 2.21 bits per heavy atom. The number of rotatable bonds is 3. The molecule has 8 heteroatoms. The molecule has 0 unspecified atom stereocenters. The van der Waals surface area contributed by atoms with Crippen LogP contribution in [0.15, 0.2) is 17.2 Å². The van der Waals surface area contributed by atoms with E-state index in [4.69, 9.17) is 9.84 Å². The number of aromatic amines is 1. The maximum Gasteiger partial charge on any atom is 0.352 e. The summed E-state index contributed by atoms with van der Waals surface area (Å²) in [5.74, 6) is -1.19. The van der Waals surface area contributed by atoms with E-state index in [1.54, 1.807) is 0 Å². The summed E-state index contributed by atoms with van der Waals surface area (Å²) in [6, 6.07) is 1.13. The highest BCUT2D eigenvalue weighted by Crippen LogP contribution is 2.23. The summed E-state index contributed by atoms with van der Waals surface area (Å²) in [7, 11) is -3.69. The maximum atomic E-state index is 12.4. The Kier molecular flexibility index (Phi) is 3.41. The van der Waals surface area contributed by atoms with Gasteiger partial charge in [0.2, 0.25) is 10.0 Å². The van der Waals surface area contributed by atoms with Gasteiger partial charge in [0.25, 0.3) is 0 Å². The molecule has 1 fully saturated rings. The number of H-pyrrole nitrogens is 1. The third-order valence-electron chi connectivity index (χ3n) is 2.92. The minimum atomic E-state index is -3.69. The van der Waals surface area contributed by atoms with E-state index in [0.29, 0.717) is 6.61 Å². The molecule has 106 valence electrons. The van der Waals surface area contributed by atoms with Gasteiger partial charge in [-0.05, 0) is 19.9 Å². The Morgan fingerprint density at radius 1 is 1.53 bits per heavy atom. The van der Waals surface area contributed by atoms with Gasteiger partial charge in [-0.25, -0.2) is 13.2 Å². The highest BCUT2D eigenvalue weighted by atomic mass is 32.2. The van der Waals surface area contributed by atoms with Crippen molar-refractivity contribution in [1.82, 2.24) is 9.29 Å². The molecule has 19 heavy (non-hydrogen) atoms. The summed E-state index contributed by atoms with van der Waals surface area (Å²) in [4.78, 5) is 13.2. The van der Waals surface area contributed by atoms with Gasteiger partial charge in [-0.15, -0.1) is 0 Å². The summed E-state index contributed by atoms with van der Waals surface area (Å²) in [5.41, 5.74) is -0.692. The molecule has 1 aromatic rings. The van der Waals surface area contributed by atoms with Crippen LogP contribution >= 0.6 is 0 Å². The average molecular weight is 288 g/mol. The minimum absolute atomic E-state index is 0.0393. The lowest BCUT2D eigenvalue weighted by Gasteiger charge is -2.37. The van der Waals surface area contributed by atoms with E-state index >= 15 is 0 Å². The number of carboxylic acids is 1. The molecule has 2 N–H and O–H groups in total. The lowest BCUT2D eigenvalue weighted by molar-refractivity contribution is -0.0640. The van der Waals surface area contributed by atoms with Crippen LogP contribution in [0.4, 0.5) is 0 Å². The van der Waals surface area contributed by atoms with Gasteiger partial charge in [0, 0.05) is 19.3 Å².